The molecule has 1 aromatic carbocycles. The second kappa shape index (κ2) is 12.0. The fraction of sp³-hybridized carbons (Fsp3) is 0.500. The second-order valence-corrected chi connectivity index (χ2v) is 6.23. The Morgan fingerprint density at radius 2 is 1.74 bits per heavy atom. The van der Waals surface area contributed by atoms with Crippen LogP contribution in [0, 0.1) is 5.92 Å². The minimum absolute atomic E-state index is 0.164. The van der Waals surface area contributed by atoms with Gasteiger partial charge in [0.15, 0.2) is 0 Å². The van der Waals surface area contributed by atoms with Gasteiger partial charge in [-0.05, 0) is 43.5 Å². The van der Waals surface area contributed by atoms with Gasteiger partial charge in [-0.3, -0.25) is 10.1 Å². The van der Waals surface area contributed by atoms with E-state index < -0.39 is 12.0 Å². The summed E-state index contributed by atoms with van der Waals surface area (Å²) in [5.41, 5.74) is 0. The lowest BCUT2D eigenvalue weighted by atomic mass is 10.0. The van der Waals surface area contributed by atoms with E-state index in [1.165, 1.54) is 13.2 Å². The Morgan fingerprint density at radius 3 is 2.26 bits per heavy atom. The highest BCUT2D eigenvalue weighted by Gasteiger charge is 2.21. The van der Waals surface area contributed by atoms with Crippen LogP contribution in [0.3, 0.4) is 0 Å². The lowest BCUT2D eigenvalue weighted by Gasteiger charge is -2.19. The maximum atomic E-state index is 12.0. The Morgan fingerprint density at radius 1 is 1.11 bits per heavy atom. The summed E-state index contributed by atoms with van der Waals surface area (Å²) in [6.45, 7) is 6.18. The number of rotatable bonds is 11. The molecule has 27 heavy (non-hydrogen) atoms. The van der Waals surface area contributed by atoms with Crippen LogP contribution in [-0.4, -0.2) is 45.4 Å². The molecule has 7 heteroatoms. The maximum Gasteiger partial charge on any atom is 0.334 e. The minimum atomic E-state index is -0.513. The van der Waals surface area contributed by atoms with Gasteiger partial charge in [0.05, 0.1) is 33.4 Å². The number of carbonyl (C=O) groups excluding carboxylic acids is 2. The van der Waals surface area contributed by atoms with Crippen molar-refractivity contribution < 1.29 is 28.5 Å². The third-order valence-corrected chi connectivity index (χ3v) is 3.59. The SMILES string of the molecule is CCOC(=O)C=C(CNC(CC(C)C)C(=O)OC)Oc1ccc(OC)cc1. The van der Waals surface area contributed by atoms with E-state index in [4.69, 9.17) is 18.9 Å². The predicted octanol–water partition coefficient (Wildman–Crippen LogP) is 2.70. The number of carbonyl (C=O) groups is 2. The average molecular weight is 379 g/mol. The number of ether oxygens (including phenoxy) is 4. The Bertz CT molecular complexity index is 624. The topological polar surface area (TPSA) is 83.1 Å². The summed E-state index contributed by atoms with van der Waals surface area (Å²) in [4.78, 5) is 23.8. The van der Waals surface area contributed by atoms with Crippen molar-refractivity contribution in [1.29, 1.82) is 0 Å². The summed E-state index contributed by atoms with van der Waals surface area (Å²) < 4.78 is 20.7. The van der Waals surface area contributed by atoms with E-state index in [0.717, 1.165) is 0 Å². The van der Waals surface area contributed by atoms with Crippen molar-refractivity contribution >= 4 is 11.9 Å². The van der Waals surface area contributed by atoms with E-state index in [-0.39, 0.29) is 19.1 Å². The Balaban J connectivity index is 2.89. The molecule has 0 spiro atoms. The van der Waals surface area contributed by atoms with Gasteiger partial charge in [-0.1, -0.05) is 13.8 Å². The second-order valence-electron chi connectivity index (χ2n) is 6.23. The van der Waals surface area contributed by atoms with Gasteiger partial charge in [-0.15, -0.1) is 0 Å². The van der Waals surface area contributed by atoms with Gasteiger partial charge in [0.1, 0.15) is 23.3 Å². The van der Waals surface area contributed by atoms with Crippen molar-refractivity contribution in [1.82, 2.24) is 5.32 Å². The van der Waals surface area contributed by atoms with Gasteiger partial charge in [0.25, 0.3) is 0 Å². The first-order valence-corrected chi connectivity index (χ1v) is 8.90. The van der Waals surface area contributed by atoms with Gasteiger partial charge in [0.2, 0.25) is 0 Å². The molecule has 0 bridgehead atoms. The third kappa shape index (κ3) is 8.59. The molecule has 0 aliphatic carbocycles. The number of nitrogens with one attached hydrogen (secondary N) is 1. The van der Waals surface area contributed by atoms with E-state index >= 15 is 0 Å². The molecule has 0 aliphatic rings. The maximum absolute atomic E-state index is 12.0. The van der Waals surface area contributed by atoms with E-state index in [1.54, 1.807) is 38.3 Å². The Labute approximate surface area is 160 Å². The van der Waals surface area contributed by atoms with Gasteiger partial charge >= 0.3 is 11.9 Å². The zero-order chi connectivity index (χ0) is 20.2. The van der Waals surface area contributed by atoms with Crippen molar-refractivity contribution in [3.05, 3.63) is 36.1 Å². The fourth-order valence-corrected chi connectivity index (χ4v) is 2.33. The van der Waals surface area contributed by atoms with Crippen molar-refractivity contribution in [3.8, 4) is 11.5 Å². The standard InChI is InChI=1S/C20H29NO6/c1-6-26-19(22)12-17(27-16-9-7-15(24-4)8-10-16)13-21-18(11-14(2)3)20(23)25-5/h7-10,12,14,18,21H,6,11,13H2,1-5H3. The van der Waals surface area contributed by atoms with Gasteiger partial charge in [-0.25, -0.2) is 4.79 Å². The van der Waals surface area contributed by atoms with Crippen LogP contribution < -0.4 is 14.8 Å². The number of esters is 2. The lowest BCUT2D eigenvalue weighted by molar-refractivity contribution is -0.143. The van der Waals surface area contributed by atoms with Crippen molar-refractivity contribution in [2.45, 2.75) is 33.2 Å². The van der Waals surface area contributed by atoms with Crippen LogP contribution >= 0.6 is 0 Å². The summed E-state index contributed by atoms with van der Waals surface area (Å²) in [6, 6.07) is 6.45. The molecular weight excluding hydrogens is 350 g/mol. The molecule has 1 rings (SSSR count). The molecule has 1 atom stereocenters. The molecule has 0 saturated heterocycles. The fourth-order valence-electron chi connectivity index (χ4n) is 2.33. The summed E-state index contributed by atoms with van der Waals surface area (Å²) >= 11 is 0. The van der Waals surface area contributed by atoms with E-state index in [0.29, 0.717) is 29.6 Å². The van der Waals surface area contributed by atoms with Crippen LogP contribution in [0.25, 0.3) is 0 Å². The summed E-state index contributed by atoms with van der Waals surface area (Å²) in [5.74, 6) is 0.980. The molecule has 0 amide bonds. The number of hydrogen-bond acceptors (Lipinski definition) is 7. The number of hydrogen-bond donors (Lipinski definition) is 1. The van der Waals surface area contributed by atoms with Crippen molar-refractivity contribution in [2.75, 3.05) is 27.4 Å². The van der Waals surface area contributed by atoms with Gasteiger partial charge in [0, 0.05) is 0 Å². The van der Waals surface area contributed by atoms with Crippen LogP contribution in [0.15, 0.2) is 36.1 Å². The summed E-state index contributed by atoms with van der Waals surface area (Å²) in [5, 5.41) is 3.09. The molecular formula is C20H29NO6. The summed E-state index contributed by atoms with van der Waals surface area (Å²) in [6.07, 6.45) is 1.87. The monoisotopic (exact) mass is 379 g/mol. The minimum Gasteiger partial charge on any atom is -0.497 e. The molecule has 0 saturated carbocycles. The highest BCUT2D eigenvalue weighted by atomic mass is 16.5. The Kier molecular flexibility index (Phi) is 9.96. The van der Waals surface area contributed by atoms with Gasteiger partial charge in [-0.2, -0.15) is 0 Å². The smallest absolute Gasteiger partial charge is 0.334 e. The van der Waals surface area contributed by atoms with E-state index in [9.17, 15) is 9.59 Å². The zero-order valence-corrected chi connectivity index (χ0v) is 16.6. The van der Waals surface area contributed by atoms with Crippen LogP contribution in [0.4, 0.5) is 0 Å². The number of methoxy groups -OCH3 is 2. The van der Waals surface area contributed by atoms with Crippen LogP contribution in [-0.2, 0) is 19.1 Å². The van der Waals surface area contributed by atoms with Crippen LogP contribution in [0.2, 0.25) is 0 Å². The first-order valence-electron chi connectivity index (χ1n) is 8.90. The molecule has 0 radical (unpaired) electrons. The van der Waals surface area contributed by atoms with Crippen LogP contribution in [0.5, 0.6) is 11.5 Å². The largest absolute Gasteiger partial charge is 0.497 e. The molecule has 7 nitrogen and oxygen atoms in total. The third-order valence-electron chi connectivity index (χ3n) is 3.59. The average Bonchev–Trinajstić information content (AvgIpc) is 2.64. The van der Waals surface area contributed by atoms with E-state index in [1.807, 2.05) is 13.8 Å². The molecule has 0 aliphatic heterocycles. The molecule has 0 aromatic heterocycles. The lowest BCUT2D eigenvalue weighted by Crippen LogP contribution is -2.40. The Hall–Kier alpha value is -2.54. The molecule has 1 N–H and O–H groups in total. The first-order chi connectivity index (χ1) is 12.9. The quantitative estimate of drug-likeness (QED) is 0.359. The van der Waals surface area contributed by atoms with Crippen LogP contribution in [0.1, 0.15) is 27.2 Å². The molecule has 0 fully saturated rings. The van der Waals surface area contributed by atoms with Gasteiger partial charge < -0.3 is 18.9 Å². The van der Waals surface area contributed by atoms with E-state index in [2.05, 4.69) is 5.32 Å². The zero-order valence-electron chi connectivity index (χ0n) is 16.6. The molecule has 150 valence electrons. The first kappa shape index (κ1) is 22.5. The normalized spacial score (nSPS) is 12.4. The summed E-state index contributed by atoms with van der Waals surface area (Å²) in [7, 11) is 2.92. The molecule has 0 heterocycles. The number of benzene rings is 1. The van der Waals surface area contributed by atoms with Crippen molar-refractivity contribution in [2.24, 2.45) is 5.92 Å². The molecule has 1 aromatic rings. The highest BCUT2D eigenvalue weighted by molar-refractivity contribution is 5.82. The highest BCUT2D eigenvalue weighted by Crippen LogP contribution is 2.19. The van der Waals surface area contributed by atoms with Crippen molar-refractivity contribution in [3.63, 3.8) is 0 Å². The molecule has 1 unspecified atom stereocenters. The predicted molar refractivity (Wildman–Crippen MR) is 102 cm³/mol.